The molecule has 0 aromatic heterocycles. The molecule has 0 fully saturated rings. The van der Waals surface area contributed by atoms with E-state index in [2.05, 4.69) is 5.32 Å². The summed E-state index contributed by atoms with van der Waals surface area (Å²) in [6, 6.07) is 14.8. The summed E-state index contributed by atoms with van der Waals surface area (Å²) in [6.45, 7) is 3.01. The van der Waals surface area contributed by atoms with Gasteiger partial charge in [-0.05, 0) is 35.7 Å². The zero-order valence-electron chi connectivity index (χ0n) is 14.9. The maximum absolute atomic E-state index is 12.6. The van der Waals surface area contributed by atoms with Gasteiger partial charge in [-0.2, -0.15) is 13.2 Å². The van der Waals surface area contributed by atoms with Crippen molar-refractivity contribution in [3.05, 3.63) is 65.7 Å². The van der Waals surface area contributed by atoms with Crippen LogP contribution in [-0.2, 0) is 11.0 Å². The van der Waals surface area contributed by atoms with Gasteiger partial charge < -0.3 is 10.2 Å². The second-order valence-corrected chi connectivity index (χ2v) is 6.33. The van der Waals surface area contributed by atoms with Crippen molar-refractivity contribution >= 4 is 11.6 Å². The Balaban J connectivity index is 1.78. The molecule has 0 saturated heterocycles. The van der Waals surface area contributed by atoms with E-state index in [-0.39, 0.29) is 18.2 Å². The number of hydrogen-bond acceptors (Lipinski definition) is 2. The number of carbonyl (C=O) groups is 1. The maximum Gasteiger partial charge on any atom is 0.416 e. The minimum absolute atomic E-state index is 0.112. The molecule has 1 N–H and O–H groups in total. The largest absolute Gasteiger partial charge is 0.416 e. The second kappa shape index (κ2) is 8.74. The number of hydrogen-bond donors (Lipinski definition) is 1. The van der Waals surface area contributed by atoms with Gasteiger partial charge >= 0.3 is 6.18 Å². The number of likely N-dealkylation sites (N-methyl/N-ethyl adjacent to an activating group) is 1. The molecule has 2 aromatic rings. The molecule has 0 spiro atoms. The van der Waals surface area contributed by atoms with Crippen molar-refractivity contribution in [3.8, 4) is 0 Å². The summed E-state index contributed by atoms with van der Waals surface area (Å²) in [5.41, 5.74) is 1.11. The maximum atomic E-state index is 12.6. The van der Waals surface area contributed by atoms with Crippen LogP contribution in [0.15, 0.2) is 54.6 Å². The van der Waals surface area contributed by atoms with Crippen LogP contribution in [-0.4, -0.2) is 26.0 Å². The second-order valence-electron chi connectivity index (χ2n) is 6.33. The van der Waals surface area contributed by atoms with Gasteiger partial charge in [0, 0.05) is 32.2 Å². The van der Waals surface area contributed by atoms with Gasteiger partial charge in [-0.1, -0.05) is 37.3 Å². The quantitative estimate of drug-likeness (QED) is 0.787. The first-order valence-corrected chi connectivity index (χ1v) is 8.47. The molecule has 2 rings (SSSR count). The van der Waals surface area contributed by atoms with Crippen molar-refractivity contribution in [2.45, 2.75) is 25.4 Å². The number of nitrogens with zero attached hydrogens (tertiary/aromatic N) is 1. The molecule has 2 aromatic carbocycles. The Kier molecular flexibility index (Phi) is 6.66. The Morgan fingerprint density at radius 1 is 1.08 bits per heavy atom. The molecule has 0 aliphatic heterocycles. The van der Waals surface area contributed by atoms with Crippen LogP contribution in [0.5, 0.6) is 0 Å². The Labute approximate surface area is 151 Å². The first kappa shape index (κ1) is 19.8. The highest BCUT2D eigenvalue weighted by molar-refractivity contribution is 5.76. The Morgan fingerprint density at radius 3 is 2.27 bits per heavy atom. The molecule has 0 aliphatic rings. The van der Waals surface area contributed by atoms with Crippen LogP contribution >= 0.6 is 0 Å². The fourth-order valence-corrected chi connectivity index (χ4v) is 2.64. The van der Waals surface area contributed by atoms with Crippen LogP contribution in [0.3, 0.4) is 0 Å². The average Bonchev–Trinajstić information content (AvgIpc) is 2.61. The predicted octanol–water partition coefficient (Wildman–Crippen LogP) is 4.45. The molecule has 140 valence electrons. The highest BCUT2D eigenvalue weighted by Crippen LogP contribution is 2.30. The molecule has 26 heavy (non-hydrogen) atoms. The van der Waals surface area contributed by atoms with Crippen LogP contribution in [0.4, 0.5) is 18.9 Å². The molecule has 1 amide bonds. The number of rotatable bonds is 7. The lowest BCUT2D eigenvalue weighted by molar-refractivity contribution is -0.137. The molecule has 1 atom stereocenters. The van der Waals surface area contributed by atoms with E-state index in [4.69, 9.17) is 0 Å². The molecule has 0 saturated carbocycles. The Morgan fingerprint density at radius 2 is 1.69 bits per heavy atom. The number of alkyl halides is 3. The topological polar surface area (TPSA) is 32.3 Å². The van der Waals surface area contributed by atoms with Gasteiger partial charge in [0.1, 0.15) is 0 Å². The number of halogens is 3. The molecular formula is C20H23F3N2O. The SMILES string of the molecule is CC(CC(=O)NCCN(C)c1ccccc1)c1ccc(C(F)(F)F)cc1. The third kappa shape index (κ3) is 5.79. The predicted molar refractivity (Wildman–Crippen MR) is 97.2 cm³/mol. The monoisotopic (exact) mass is 364 g/mol. The molecule has 0 aliphatic carbocycles. The normalized spacial score (nSPS) is 12.5. The summed E-state index contributed by atoms with van der Waals surface area (Å²) >= 11 is 0. The van der Waals surface area contributed by atoms with Gasteiger partial charge in [-0.3, -0.25) is 4.79 Å². The van der Waals surface area contributed by atoms with E-state index in [9.17, 15) is 18.0 Å². The van der Waals surface area contributed by atoms with E-state index in [0.29, 0.717) is 13.1 Å². The van der Waals surface area contributed by atoms with E-state index >= 15 is 0 Å². The van der Waals surface area contributed by atoms with Crippen LogP contribution in [0.25, 0.3) is 0 Å². The van der Waals surface area contributed by atoms with Crippen molar-refractivity contribution in [2.75, 3.05) is 25.0 Å². The lowest BCUT2D eigenvalue weighted by atomic mass is 9.96. The molecule has 1 unspecified atom stereocenters. The standard InChI is InChI=1S/C20H23F3N2O/c1-15(16-8-10-17(11-9-16)20(21,22)23)14-19(26)24-12-13-25(2)18-6-4-3-5-7-18/h3-11,15H,12-14H2,1-2H3,(H,24,26). The first-order chi connectivity index (χ1) is 12.3. The summed E-state index contributed by atoms with van der Waals surface area (Å²) in [7, 11) is 1.95. The van der Waals surface area contributed by atoms with E-state index in [1.54, 1.807) is 0 Å². The van der Waals surface area contributed by atoms with E-state index in [1.807, 2.05) is 49.2 Å². The summed E-state index contributed by atoms with van der Waals surface area (Å²) < 4.78 is 37.8. The zero-order chi connectivity index (χ0) is 19.2. The van der Waals surface area contributed by atoms with Gasteiger partial charge in [0.2, 0.25) is 5.91 Å². The number of anilines is 1. The third-order valence-corrected chi connectivity index (χ3v) is 4.26. The number of amides is 1. The third-order valence-electron chi connectivity index (χ3n) is 4.26. The number of carbonyl (C=O) groups excluding carboxylic acids is 1. The highest BCUT2D eigenvalue weighted by atomic mass is 19.4. The van der Waals surface area contributed by atoms with E-state index in [0.717, 1.165) is 23.4 Å². The van der Waals surface area contributed by atoms with Gasteiger partial charge in [0.15, 0.2) is 0 Å². The van der Waals surface area contributed by atoms with E-state index in [1.165, 1.54) is 12.1 Å². The lowest BCUT2D eigenvalue weighted by Crippen LogP contribution is -2.33. The Bertz CT molecular complexity index is 699. The number of para-hydroxylation sites is 1. The summed E-state index contributed by atoms with van der Waals surface area (Å²) in [5.74, 6) is -0.261. The van der Waals surface area contributed by atoms with Crippen molar-refractivity contribution in [2.24, 2.45) is 0 Å². The van der Waals surface area contributed by atoms with Gasteiger partial charge in [-0.25, -0.2) is 0 Å². The summed E-state index contributed by atoms with van der Waals surface area (Å²) in [6.07, 6.45) is -4.11. The van der Waals surface area contributed by atoms with Gasteiger partial charge in [-0.15, -0.1) is 0 Å². The van der Waals surface area contributed by atoms with Gasteiger partial charge in [0.05, 0.1) is 5.56 Å². The minimum Gasteiger partial charge on any atom is -0.373 e. The molecule has 0 radical (unpaired) electrons. The first-order valence-electron chi connectivity index (χ1n) is 8.47. The molecule has 0 heterocycles. The van der Waals surface area contributed by atoms with Crippen molar-refractivity contribution in [3.63, 3.8) is 0 Å². The van der Waals surface area contributed by atoms with E-state index < -0.39 is 11.7 Å². The fraction of sp³-hybridized carbons (Fsp3) is 0.350. The molecule has 0 bridgehead atoms. The lowest BCUT2D eigenvalue weighted by Gasteiger charge is -2.20. The van der Waals surface area contributed by atoms with Crippen LogP contribution < -0.4 is 10.2 Å². The van der Waals surface area contributed by atoms with Crippen LogP contribution in [0, 0.1) is 0 Å². The Hall–Kier alpha value is -2.50. The van der Waals surface area contributed by atoms with Gasteiger partial charge in [0.25, 0.3) is 0 Å². The van der Waals surface area contributed by atoms with Crippen molar-refractivity contribution < 1.29 is 18.0 Å². The summed E-state index contributed by atoms with van der Waals surface area (Å²) in [4.78, 5) is 14.1. The summed E-state index contributed by atoms with van der Waals surface area (Å²) in [5, 5.41) is 2.86. The van der Waals surface area contributed by atoms with Crippen LogP contribution in [0.2, 0.25) is 0 Å². The molecular weight excluding hydrogens is 341 g/mol. The minimum atomic E-state index is -4.34. The van der Waals surface area contributed by atoms with Crippen LogP contribution in [0.1, 0.15) is 30.4 Å². The average molecular weight is 364 g/mol. The zero-order valence-corrected chi connectivity index (χ0v) is 14.9. The number of nitrogens with one attached hydrogen (secondary N) is 1. The van der Waals surface area contributed by atoms with Crippen molar-refractivity contribution in [1.29, 1.82) is 0 Å². The highest BCUT2D eigenvalue weighted by Gasteiger charge is 2.30. The molecule has 6 heteroatoms. The number of benzene rings is 2. The fourth-order valence-electron chi connectivity index (χ4n) is 2.64. The smallest absolute Gasteiger partial charge is 0.373 e. The molecule has 3 nitrogen and oxygen atoms in total. The van der Waals surface area contributed by atoms with Crippen molar-refractivity contribution in [1.82, 2.24) is 5.32 Å².